The van der Waals surface area contributed by atoms with Gasteiger partial charge in [0.05, 0.1) is 0 Å². The first-order valence-electron chi connectivity index (χ1n) is 15.9. The standard InChI is InChI=1S/C45H30/c1-45(2)40-22-21-36-34-17-9-10-18-35(34)38-24-27-11-3-4-12-28(27)25-39(38)43(36)44(40)37-20-19-31(26-41(37)45)42-32-15-7-5-13-29(32)23-30-14-6-8-16-33(30)42/h3-26H,1-2H3. The SMILES string of the molecule is CC1(C)c2cc(-c3c4ccccc4cc4ccccc34)ccc2-c2c1ccc1c3ccccc3c3cc4ccccc4cc3c21. The van der Waals surface area contributed by atoms with Crippen molar-refractivity contribution in [1.82, 2.24) is 0 Å². The number of fused-ring (bicyclic) bond motifs is 13. The van der Waals surface area contributed by atoms with Crippen LogP contribution >= 0.6 is 0 Å². The monoisotopic (exact) mass is 570 g/mol. The molecule has 10 rings (SSSR count). The summed E-state index contributed by atoms with van der Waals surface area (Å²) in [6, 6.07) is 54.6. The second-order valence-corrected chi connectivity index (χ2v) is 13.3. The van der Waals surface area contributed by atoms with E-state index < -0.39 is 0 Å². The molecule has 210 valence electrons. The molecular formula is C45H30. The molecule has 0 heterocycles. The van der Waals surface area contributed by atoms with Gasteiger partial charge in [0.25, 0.3) is 0 Å². The summed E-state index contributed by atoms with van der Waals surface area (Å²) in [7, 11) is 0. The molecule has 0 spiro atoms. The average Bonchev–Trinajstić information content (AvgIpc) is 3.32. The van der Waals surface area contributed by atoms with Crippen LogP contribution in [0.5, 0.6) is 0 Å². The van der Waals surface area contributed by atoms with Crippen LogP contribution in [-0.4, -0.2) is 0 Å². The van der Waals surface area contributed by atoms with E-state index in [1.54, 1.807) is 0 Å². The third-order valence-electron chi connectivity index (χ3n) is 10.6. The third-order valence-corrected chi connectivity index (χ3v) is 10.6. The Hall–Kier alpha value is -5.46. The van der Waals surface area contributed by atoms with E-state index in [9.17, 15) is 0 Å². The molecule has 0 fully saturated rings. The summed E-state index contributed by atoms with van der Waals surface area (Å²) < 4.78 is 0. The molecule has 0 atom stereocenters. The highest BCUT2D eigenvalue weighted by atomic mass is 14.4. The van der Waals surface area contributed by atoms with Gasteiger partial charge in [-0.05, 0) is 122 Å². The van der Waals surface area contributed by atoms with Crippen molar-refractivity contribution in [3.05, 3.63) is 157 Å². The lowest BCUT2D eigenvalue weighted by Gasteiger charge is -2.23. The minimum atomic E-state index is -0.135. The second kappa shape index (κ2) is 8.80. The van der Waals surface area contributed by atoms with Crippen molar-refractivity contribution in [3.63, 3.8) is 0 Å². The Bertz CT molecular complexity index is 2670. The molecule has 9 aromatic rings. The smallest absolute Gasteiger partial charge is 0.0159 e. The summed E-state index contributed by atoms with van der Waals surface area (Å²) in [4.78, 5) is 0. The molecule has 0 radical (unpaired) electrons. The zero-order valence-electron chi connectivity index (χ0n) is 25.4. The zero-order chi connectivity index (χ0) is 29.9. The topological polar surface area (TPSA) is 0 Å². The molecule has 0 amide bonds. The first kappa shape index (κ1) is 24.9. The van der Waals surface area contributed by atoms with Gasteiger partial charge in [0.15, 0.2) is 0 Å². The summed E-state index contributed by atoms with van der Waals surface area (Å²) in [5.74, 6) is 0. The van der Waals surface area contributed by atoms with E-state index >= 15 is 0 Å². The molecule has 0 unspecified atom stereocenters. The second-order valence-electron chi connectivity index (χ2n) is 13.3. The lowest BCUT2D eigenvalue weighted by atomic mass is 9.80. The first-order valence-corrected chi connectivity index (χ1v) is 15.9. The average molecular weight is 571 g/mol. The molecule has 0 aliphatic heterocycles. The van der Waals surface area contributed by atoms with E-state index in [-0.39, 0.29) is 5.41 Å². The number of hydrogen-bond donors (Lipinski definition) is 0. The predicted octanol–water partition coefficient (Wildman–Crippen LogP) is 12.6. The van der Waals surface area contributed by atoms with Crippen molar-refractivity contribution in [2.45, 2.75) is 19.3 Å². The van der Waals surface area contributed by atoms with Crippen LogP contribution < -0.4 is 0 Å². The van der Waals surface area contributed by atoms with Crippen LogP contribution in [0.25, 0.3) is 86.9 Å². The van der Waals surface area contributed by atoms with Gasteiger partial charge in [-0.1, -0.05) is 135 Å². The van der Waals surface area contributed by atoms with Gasteiger partial charge in [0, 0.05) is 5.41 Å². The van der Waals surface area contributed by atoms with Crippen molar-refractivity contribution in [3.8, 4) is 22.3 Å². The molecule has 9 aromatic carbocycles. The van der Waals surface area contributed by atoms with Gasteiger partial charge in [-0.2, -0.15) is 0 Å². The maximum atomic E-state index is 2.49. The Balaban J connectivity index is 1.33. The van der Waals surface area contributed by atoms with Gasteiger partial charge in [0.2, 0.25) is 0 Å². The highest BCUT2D eigenvalue weighted by Gasteiger charge is 2.37. The maximum Gasteiger partial charge on any atom is 0.0159 e. The first-order chi connectivity index (χ1) is 22.1. The lowest BCUT2D eigenvalue weighted by molar-refractivity contribution is 0.661. The molecule has 0 N–H and O–H groups in total. The summed E-state index contributed by atoms with van der Waals surface area (Å²) in [5.41, 5.74) is 8.05. The normalized spacial score (nSPS) is 13.7. The molecule has 0 saturated heterocycles. The molecule has 1 aliphatic rings. The van der Waals surface area contributed by atoms with Crippen molar-refractivity contribution in [2.24, 2.45) is 0 Å². The van der Waals surface area contributed by atoms with Gasteiger partial charge in [0.1, 0.15) is 0 Å². The fraction of sp³-hybridized carbons (Fsp3) is 0.0667. The van der Waals surface area contributed by atoms with Crippen LogP contribution in [0, 0.1) is 0 Å². The Morgan fingerprint density at radius 1 is 0.356 bits per heavy atom. The quantitative estimate of drug-likeness (QED) is 0.136. The van der Waals surface area contributed by atoms with Gasteiger partial charge in [-0.15, -0.1) is 0 Å². The Labute approximate surface area is 262 Å². The molecule has 0 heteroatoms. The van der Waals surface area contributed by atoms with Gasteiger partial charge in [-0.3, -0.25) is 0 Å². The van der Waals surface area contributed by atoms with E-state index in [1.807, 2.05) is 0 Å². The van der Waals surface area contributed by atoms with Crippen molar-refractivity contribution in [1.29, 1.82) is 0 Å². The van der Waals surface area contributed by atoms with Crippen LogP contribution in [0.15, 0.2) is 146 Å². The van der Waals surface area contributed by atoms with Gasteiger partial charge in [-0.25, -0.2) is 0 Å². The Morgan fingerprint density at radius 3 is 1.58 bits per heavy atom. The minimum Gasteiger partial charge on any atom is -0.0616 e. The van der Waals surface area contributed by atoms with E-state index in [1.165, 1.54) is 98.0 Å². The molecule has 1 aliphatic carbocycles. The molecule has 45 heavy (non-hydrogen) atoms. The molecule has 0 bridgehead atoms. The van der Waals surface area contributed by atoms with Crippen LogP contribution in [0.3, 0.4) is 0 Å². The summed E-state index contributed by atoms with van der Waals surface area (Å²) >= 11 is 0. The zero-order valence-corrected chi connectivity index (χ0v) is 25.4. The Morgan fingerprint density at radius 2 is 0.911 bits per heavy atom. The van der Waals surface area contributed by atoms with E-state index in [2.05, 4.69) is 159 Å². The minimum absolute atomic E-state index is 0.135. The highest BCUT2D eigenvalue weighted by Crippen LogP contribution is 2.55. The number of rotatable bonds is 1. The van der Waals surface area contributed by atoms with E-state index in [4.69, 9.17) is 0 Å². The maximum absolute atomic E-state index is 2.49. The van der Waals surface area contributed by atoms with Crippen molar-refractivity contribution >= 4 is 64.6 Å². The van der Waals surface area contributed by atoms with Crippen LogP contribution in [0.1, 0.15) is 25.0 Å². The summed E-state index contributed by atoms with van der Waals surface area (Å²) in [6.07, 6.45) is 0. The fourth-order valence-corrected chi connectivity index (χ4v) is 8.43. The molecule has 0 nitrogen and oxygen atoms in total. The molecule has 0 aromatic heterocycles. The van der Waals surface area contributed by atoms with E-state index in [0.717, 1.165) is 0 Å². The fourth-order valence-electron chi connectivity index (χ4n) is 8.43. The van der Waals surface area contributed by atoms with Gasteiger partial charge >= 0.3 is 0 Å². The van der Waals surface area contributed by atoms with Crippen LogP contribution in [0.4, 0.5) is 0 Å². The van der Waals surface area contributed by atoms with Gasteiger partial charge < -0.3 is 0 Å². The van der Waals surface area contributed by atoms with Crippen LogP contribution in [-0.2, 0) is 5.41 Å². The van der Waals surface area contributed by atoms with Crippen LogP contribution in [0.2, 0.25) is 0 Å². The third kappa shape index (κ3) is 3.32. The summed E-state index contributed by atoms with van der Waals surface area (Å²) in [5, 5.41) is 15.8. The number of benzene rings is 9. The molecular weight excluding hydrogens is 540 g/mol. The van der Waals surface area contributed by atoms with E-state index in [0.29, 0.717) is 0 Å². The number of hydrogen-bond acceptors (Lipinski definition) is 0. The Kier molecular flexibility index (Phi) is 4.88. The van der Waals surface area contributed by atoms with Crippen molar-refractivity contribution in [2.75, 3.05) is 0 Å². The largest absolute Gasteiger partial charge is 0.0616 e. The summed E-state index contributed by atoms with van der Waals surface area (Å²) in [6.45, 7) is 4.82. The molecule has 0 saturated carbocycles. The predicted molar refractivity (Wildman–Crippen MR) is 194 cm³/mol. The lowest BCUT2D eigenvalue weighted by Crippen LogP contribution is -2.15. The highest BCUT2D eigenvalue weighted by molar-refractivity contribution is 6.31. The van der Waals surface area contributed by atoms with Crippen molar-refractivity contribution < 1.29 is 0 Å².